The van der Waals surface area contributed by atoms with Crippen molar-refractivity contribution in [2.45, 2.75) is 33.3 Å². The van der Waals surface area contributed by atoms with E-state index >= 15 is 0 Å². The molecule has 0 spiro atoms. The molecule has 1 aliphatic heterocycles. The maximum Gasteiger partial charge on any atom is 0.338 e. The molecule has 0 radical (unpaired) electrons. The molecule has 104 valence electrons. The van der Waals surface area contributed by atoms with Gasteiger partial charge in [-0.1, -0.05) is 6.92 Å². The minimum absolute atomic E-state index is 0.162. The highest BCUT2D eigenvalue weighted by molar-refractivity contribution is 7.16. The highest BCUT2D eigenvalue weighted by Crippen LogP contribution is 2.33. The number of carbonyl (C=O) groups excluding carboxylic acids is 1. The smallest absolute Gasteiger partial charge is 0.338 e. The van der Waals surface area contributed by atoms with Crippen LogP contribution in [0.15, 0.2) is 0 Å². The molecule has 2 unspecified atom stereocenters. The van der Waals surface area contributed by atoms with Crippen LogP contribution >= 0.6 is 11.3 Å². The minimum Gasteiger partial charge on any atom is -0.478 e. The summed E-state index contributed by atoms with van der Waals surface area (Å²) < 4.78 is 5.38. The number of carbonyl (C=O) groups is 2. The van der Waals surface area contributed by atoms with Gasteiger partial charge < -0.3 is 15.2 Å². The highest BCUT2D eigenvalue weighted by atomic mass is 32.1. The van der Waals surface area contributed by atoms with E-state index in [1.54, 1.807) is 6.92 Å². The second-order valence-electron chi connectivity index (χ2n) is 4.84. The van der Waals surface area contributed by atoms with Crippen LogP contribution < -0.4 is 5.32 Å². The number of aromatic carboxylic acids is 1. The van der Waals surface area contributed by atoms with Gasteiger partial charge >= 0.3 is 5.97 Å². The van der Waals surface area contributed by atoms with Gasteiger partial charge in [-0.05, 0) is 31.7 Å². The topological polar surface area (TPSA) is 75.6 Å². The number of hydrogen-bond donors (Lipinski definition) is 2. The number of ether oxygens (including phenoxy) is 1. The van der Waals surface area contributed by atoms with Gasteiger partial charge in [-0.2, -0.15) is 0 Å². The largest absolute Gasteiger partial charge is 0.478 e. The fourth-order valence-electron chi connectivity index (χ4n) is 2.19. The third-order valence-electron chi connectivity index (χ3n) is 3.48. The van der Waals surface area contributed by atoms with Gasteiger partial charge in [-0.3, -0.25) is 4.79 Å². The number of carboxylic acid groups (broad SMARTS) is 1. The fourth-order valence-corrected chi connectivity index (χ4v) is 3.24. The van der Waals surface area contributed by atoms with Crippen LogP contribution in [0, 0.1) is 19.8 Å². The Hall–Kier alpha value is -1.40. The van der Waals surface area contributed by atoms with E-state index in [-0.39, 0.29) is 17.4 Å². The Labute approximate surface area is 115 Å². The lowest BCUT2D eigenvalue weighted by atomic mass is 10.0. The third-order valence-corrected chi connectivity index (χ3v) is 4.60. The van der Waals surface area contributed by atoms with Crippen molar-refractivity contribution >= 4 is 28.2 Å². The number of rotatable bonds is 3. The predicted octanol–water partition coefficient (Wildman–Crippen LogP) is 2.43. The molecule has 2 heterocycles. The third kappa shape index (κ3) is 2.64. The summed E-state index contributed by atoms with van der Waals surface area (Å²) in [5, 5.41) is 12.3. The van der Waals surface area contributed by atoms with Crippen LogP contribution in [-0.4, -0.2) is 29.7 Å². The van der Waals surface area contributed by atoms with Gasteiger partial charge in [0.15, 0.2) is 0 Å². The summed E-state index contributed by atoms with van der Waals surface area (Å²) in [6, 6.07) is 0. The Morgan fingerprint density at radius 3 is 2.63 bits per heavy atom. The van der Waals surface area contributed by atoms with Crippen molar-refractivity contribution in [1.82, 2.24) is 0 Å². The number of thiophene rings is 1. The lowest BCUT2D eigenvalue weighted by Crippen LogP contribution is -2.31. The first-order valence-electron chi connectivity index (χ1n) is 6.17. The van der Waals surface area contributed by atoms with E-state index in [2.05, 4.69) is 5.32 Å². The van der Waals surface area contributed by atoms with E-state index in [1.165, 1.54) is 11.3 Å². The first-order chi connectivity index (χ1) is 8.91. The monoisotopic (exact) mass is 283 g/mol. The first-order valence-corrected chi connectivity index (χ1v) is 6.99. The van der Waals surface area contributed by atoms with Gasteiger partial charge in [0.1, 0.15) is 11.1 Å². The Morgan fingerprint density at radius 2 is 2.11 bits per heavy atom. The van der Waals surface area contributed by atoms with Gasteiger partial charge in [0.2, 0.25) is 0 Å². The molecular formula is C13H17NO4S. The summed E-state index contributed by atoms with van der Waals surface area (Å²) in [7, 11) is 0. The molecule has 1 amide bonds. The quantitative estimate of drug-likeness (QED) is 0.893. The van der Waals surface area contributed by atoms with Gasteiger partial charge in [-0.15, -0.1) is 11.3 Å². The number of anilines is 1. The molecule has 2 rings (SSSR count). The summed E-state index contributed by atoms with van der Waals surface area (Å²) in [5.74, 6) is -1.11. The fraction of sp³-hybridized carbons (Fsp3) is 0.538. The molecule has 2 atom stereocenters. The molecule has 6 heteroatoms. The summed E-state index contributed by atoms with van der Waals surface area (Å²) >= 11 is 1.29. The van der Waals surface area contributed by atoms with Crippen LogP contribution in [0.2, 0.25) is 0 Å². The second-order valence-corrected chi connectivity index (χ2v) is 6.06. The van der Waals surface area contributed by atoms with Gasteiger partial charge in [0, 0.05) is 11.5 Å². The van der Waals surface area contributed by atoms with Gasteiger partial charge in [-0.25, -0.2) is 4.79 Å². The van der Waals surface area contributed by atoms with Crippen LogP contribution in [0.4, 0.5) is 5.00 Å². The van der Waals surface area contributed by atoms with E-state index in [0.717, 1.165) is 11.3 Å². The molecule has 19 heavy (non-hydrogen) atoms. The standard InChI is InChI=1S/C13H17NO4S/c1-6-4-5-18-10(6)11(15)14-12-9(13(16)17)7(2)8(3)19-12/h6,10H,4-5H2,1-3H3,(H,14,15)(H,16,17). The summed E-state index contributed by atoms with van der Waals surface area (Å²) in [6.45, 7) is 6.13. The molecule has 0 aromatic carbocycles. The predicted molar refractivity (Wildman–Crippen MR) is 72.9 cm³/mol. The molecule has 1 aliphatic rings. The van der Waals surface area contributed by atoms with Crippen LogP contribution in [0.3, 0.4) is 0 Å². The Bertz CT molecular complexity index is 523. The average molecular weight is 283 g/mol. The molecule has 1 aromatic heterocycles. The zero-order chi connectivity index (χ0) is 14.2. The normalized spacial score (nSPS) is 22.5. The molecular weight excluding hydrogens is 266 g/mol. The summed E-state index contributed by atoms with van der Waals surface area (Å²) in [4.78, 5) is 24.2. The van der Waals surface area contributed by atoms with E-state index in [4.69, 9.17) is 4.74 Å². The molecule has 2 N–H and O–H groups in total. The van der Waals surface area contributed by atoms with Crippen molar-refractivity contribution in [1.29, 1.82) is 0 Å². The molecule has 1 fully saturated rings. The number of amides is 1. The molecule has 1 saturated heterocycles. The van der Waals surface area contributed by atoms with Crippen molar-refractivity contribution in [2.24, 2.45) is 5.92 Å². The Morgan fingerprint density at radius 1 is 1.42 bits per heavy atom. The number of carboxylic acids is 1. The van der Waals surface area contributed by atoms with Crippen molar-refractivity contribution in [3.63, 3.8) is 0 Å². The van der Waals surface area contributed by atoms with Crippen LogP contribution in [0.25, 0.3) is 0 Å². The number of nitrogens with one attached hydrogen (secondary N) is 1. The van der Waals surface area contributed by atoms with E-state index in [9.17, 15) is 14.7 Å². The molecule has 0 aliphatic carbocycles. The zero-order valence-corrected chi connectivity index (χ0v) is 12.0. The lowest BCUT2D eigenvalue weighted by Gasteiger charge is -2.14. The van der Waals surface area contributed by atoms with Crippen LogP contribution in [0.5, 0.6) is 0 Å². The Balaban J connectivity index is 2.21. The molecule has 5 nitrogen and oxygen atoms in total. The first kappa shape index (κ1) is 14.0. The van der Waals surface area contributed by atoms with Crippen molar-refractivity contribution in [3.05, 3.63) is 16.0 Å². The molecule has 0 bridgehead atoms. The maximum absolute atomic E-state index is 12.1. The number of hydrogen-bond acceptors (Lipinski definition) is 4. The maximum atomic E-state index is 12.1. The second kappa shape index (κ2) is 5.30. The summed E-state index contributed by atoms with van der Waals surface area (Å²) in [6.07, 6.45) is 0.371. The summed E-state index contributed by atoms with van der Waals surface area (Å²) in [5.41, 5.74) is 0.884. The number of aryl methyl sites for hydroxylation is 1. The van der Waals surface area contributed by atoms with Gasteiger partial charge in [0.05, 0.1) is 5.56 Å². The molecule has 1 aromatic rings. The highest BCUT2D eigenvalue weighted by Gasteiger charge is 2.32. The van der Waals surface area contributed by atoms with E-state index in [0.29, 0.717) is 17.2 Å². The SMILES string of the molecule is Cc1sc(NC(=O)C2OCCC2C)c(C(=O)O)c1C. The molecule has 0 saturated carbocycles. The minimum atomic E-state index is -1.02. The Kier molecular flexibility index (Phi) is 3.91. The van der Waals surface area contributed by atoms with Crippen LogP contribution in [-0.2, 0) is 9.53 Å². The van der Waals surface area contributed by atoms with Crippen molar-refractivity contribution in [2.75, 3.05) is 11.9 Å². The van der Waals surface area contributed by atoms with Crippen molar-refractivity contribution in [3.8, 4) is 0 Å². The van der Waals surface area contributed by atoms with Crippen LogP contribution in [0.1, 0.15) is 34.1 Å². The van der Waals surface area contributed by atoms with Gasteiger partial charge in [0.25, 0.3) is 5.91 Å². The average Bonchev–Trinajstić information content (AvgIpc) is 2.84. The zero-order valence-electron chi connectivity index (χ0n) is 11.1. The van der Waals surface area contributed by atoms with E-state index < -0.39 is 12.1 Å². The lowest BCUT2D eigenvalue weighted by molar-refractivity contribution is -0.126. The van der Waals surface area contributed by atoms with E-state index in [1.807, 2.05) is 13.8 Å². The van der Waals surface area contributed by atoms with Crippen molar-refractivity contribution < 1.29 is 19.4 Å².